The molecule has 0 spiro atoms. The normalized spacial score (nSPS) is 28.7. The van der Waals surface area contributed by atoms with E-state index < -0.39 is 42.2 Å². The van der Waals surface area contributed by atoms with Crippen molar-refractivity contribution in [2.45, 2.75) is 69.8 Å². The van der Waals surface area contributed by atoms with Crippen LogP contribution < -0.4 is 0 Å². The van der Waals surface area contributed by atoms with Gasteiger partial charge in [-0.2, -0.15) is 0 Å². The molecule has 0 aromatic rings. The molecule has 2 fully saturated rings. The number of likely N-dealkylation sites (tertiary alicyclic amines) is 1. The van der Waals surface area contributed by atoms with Crippen LogP contribution in [-0.2, 0) is 19.1 Å². The van der Waals surface area contributed by atoms with Crippen LogP contribution in [0.15, 0.2) is 36.1 Å². The zero-order valence-corrected chi connectivity index (χ0v) is 22.8. The monoisotopic (exact) mass is 533 g/mol. The van der Waals surface area contributed by atoms with Crippen molar-refractivity contribution < 1.29 is 33.4 Å². The molecule has 9 nitrogen and oxygen atoms in total. The predicted octanol–water partition coefficient (Wildman–Crippen LogP) is 3.37. The summed E-state index contributed by atoms with van der Waals surface area (Å²) in [4.78, 5) is 43.6. The van der Waals surface area contributed by atoms with E-state index in [4.69, 9.17) is 9.47 Å². The highest BCUT2D eigenvalue weighted by Crippen LogP contribution is 2.38. The molecule has 4 rings (SSSR count). The van der Waals surface area contributed by atoms with Crippen molar-refractivity contribution in [3.8, 4) is 0 Å². The van der Waals surface area contributed by atoms with Gasteiger partial charge in [0, 0.05) is 57.9 Å². The lowest BCUT2D eigenvalue weighted by Gasteiger charge is -2.40. The molecule has 2 aliphatic carbocycles. The number of allylic oxidation sites excluding steroid dienone is 2. The summed E-state index contributed by atoms with van der Waals surface area (Å²) in [5.41, 5.74) is -2.46. The zero-order valence-electron chi connectivity index (χ0n) is 22.8. The predicted molar refractivity (Wildman–Crippen MR) is 139 cm³/mol. The van der Waals surface area contributed by atoms with Crippen LogP contribution in [-0.4, -0.2) is 101 Å². The number of carbonyl (C=O) groups excluding carboxylic acids is 2. The average molecular weight is 534 g/mol. The number of alkyl halides is 1. The lowest BCUT2D eigenvalue weighted by Crippen LogP contribution is -2.58. The Bertz CT molecular complexity index is 1020. The fourth-order valence-corrected chi connectivity index (χ4v) is 5.53. The molecule has 2 aliphatic heterocycles. The number of nitrogens with zero attached hydrogens (tertiary/aromatic N) is 3. The molecule has 4 aliphatic rings. The first-order chi connectivity index (χ1) is 17.9. The van der Waals surface area contributed by atoms with Gasteiger partial charge in [-0.25, -0.2) is 14.0 Å². The Hall–Kier alpha value is -2.88. The first kappa shape index (κ1) is 28.1. The van der Waals surface area contributed by atoms with Gasteiger partial charge >= 0.3 is 12.1 Å². The van der Waals surface area contributed by atoms with Crippen LogP contribution in [0.2, 0.25) is 0 Å². The molecule has 0 bridgehead atoms. The van der Waals surface area contributed by atoms with Gasteiger partial charge in [0.2, 0.25) is 11.6 Å². The SMILES string of the molecule is COCCCN1C=C(CN(C(=O)[C@H]2CN(C(=O)OC(C)(C)C)C[C@](F)(C(=O)O)C2)C2CC2)C2C=CC=CC21. The molecular weight excluding hydrogens is 493 g/mol. The summed E-state index contributed by atoms with van der Waals surface area (Å²) < 4.78 is 26.2. The summed E-state index contributed by atoms with van der Waals surface area (Å²) in [5.74, 6) is -2.83. The van der Waals surface area contributed by atoms with Gasteiger partial charge in [-0.15, -0.1) is 0 Å². The Kier molecular flexibility index (Phi) is 8.20. The Labute approximate surface area is 223 Å². The van der Waals surface area contributed by atoms with E-state index >= 15 is 4.39 Å². The molecule has 2 heterocycles. The van der Waals surface area contributed by atoms with Crippen molar-refractivity contribution in [1.82, 2.24) is 14.7 Å². The van der Waals surface area contributed by atoms with Crippen molar-refractivity contribution in [1.29, 1.82) is 0 Å². The summed E-state index contributed by atoms with van der Waals surface area (Å²) in [6.45, 7) is 6.20. The minimum Gasteiger partial charge on any atom is -0.479 e. The number of methoxy groups -OCH3 is 1. The number of aliphatic carboxylic acids is 1. The second kappa shape index (κ2) is 11.1. The summed E-state index contributed by atoms with van der Waals surface area (Å²) >= 11 is 0. The third-order valence-electron chi connectivity index (χ3n) is 7.47. The van der Waals surface area contributed by atoms with Crippen molar-refractivity contribution in [3.05, 3.63) is 36.1 Å². The maximum atomic E-state index is 15.6. The van der Waals surface area contributed by atoms with Crippen molar-refractivity contribution in [2.75, 3.05) is 39.9 Å². The number of fused-ring (bicyclic) bond motifs is 1. The fourth-order valence-electron chi connectivity index (χ4n) is 5.53. The standard InChI is InChI=1S/C28H40FN3O6/c1-27(2,3)38-26(36)31-15-19(14-28(29,18-31)25(34)35)24(33)32(21-10-11-21)17-20-16-30(12-7-13-37-4)23-9-6-5-8-22(20)23/h5-6,8-9,16,19,21-23H,7,10-15,17-18H2,1-4H3,(H,34,35)/t19-,22?,23?,28+/m1/s1. The topological polar surface area (TPSA) is 99.6 Å². The third-order valence-corrected chi connectivity index (χ3v) is 7.47. The summed E-state index contributed by atoms with van der Waals surface area (Å²) in [6.07, 6.45) is 11.8. The number of carboxylic acids is 1. The molecule has 0 radical (unpaired) electrons. The average Bonchev–Trinajstić information content (AvgIpc) is 3.63. The van der Waals surface area contributed by atoms with E-state index in [0.717, 1.165) is 36.3 Å². The van der Waals surface area contributed by atoms with Crippen LogP contribution >= 0.6 is 0 Å². The molecular formula is C28H40FN3O6. The van der Waals surface area contributed by atoms with E-state index in [2.05, 4.69) is 23.3 Å². The Morgan fingerprint density at radius 2 is 1.92 bits per heavy atom. The number of hydrogen-bond donors (Lipinski definition) is 1. The van der Waals surface area contributed by atoms with E-state index in [0.29, 0.717) is 13.2 Å². The smallest absolute Gasteiger partial charge is 0.410 e. The second-order valence-corrected chi connectivity index (χ2v) is 11.8. The summed E-state index contributed by atoms with van der Waals surface area (Å²) in [6, 6.07) is 0.203. The van der Waals surface area contributed by atoms with Crippen LogP contribution in [0.5, 0.6) is 0 Å². The van der Waals surface area contributed by atoms with E-state index in [1.54, 1.807) is 32.8 Å². The number of piperidine rings is 1. The Balaban J connectivity index is 1.53. The number of rotatable bonds is 9. The Morgan fingerprint density at radius 3 is 2.55 bits per heavy atom. The van der Waals surface area contributed by atoms with E-state index in [-0.39, 0.29) is 30.5 Å². The highest BCUT2D eigenvalue weighted by atomic mass is 19.1. The van der Waals surface area contributed by atoms with Gasteiger partial charge in [-0.3, -0.25) is 4.79 Å². The highest BCUT2D eigenvalue weighted by molar-refractivity contribution is 5.85. The molecule has 10 heteroatoms. The first-order valence-corrected chi connectivity index (χ1v) is 13.4. The third kappa shape index (κ3) is 6.39. The van der Waals surface area contributed by atoms with Crippen LogP contribution in [0.1, 0.15) is 46.5 Å². The zero-order chi connectivity index (χ0) is 27.7. The molecule has 2 amide bonds. The van der Waals surface area contributed by atoms with Gasteiger partial charge in [0.25, 0.3) is 0 Å². The van der Waals surface area contributed by atoms with Gasteiger partial charge in [0.1, 0.15) is 5.60 Å². The summed E-state index contributed by atoms with van der Waals surface area (Å²) in [5, 5.41) is 9.65. The number of halogens is 1. The molecule has 1 saturated heterocycles. The molecule has 0 aromatic heterocycles. The van der Waals surface area contributed by atoms with Gasteiger partial charge in [-0.05, 0) is 45.6 Å². The molecule has 38 heavy (non-hydrogen) atoms. The molecule has 2 unspecified atom stereocenters. The number of carboxylic acid groups (broad SMARTS) is 1. The first-order valence-electron chi connectivity index (χ1n) is 13.4. The van der Waals surface area contributed by atoms with E-state index in [9.17, 15) is 19.5 Å². The van der Waals surface area contributed by atoms with Gasteiger partial charge < -0.3 is 29.3 Å². The summed E-state index contributed by atoms with van der Waals surface area (Å²) in [7, 11) is 1.68. The largest absolute Gasteiger partial charge is 0.479 e. The van der Waals surface area contributed by atoms with E-state index in [1.807, 2.05) is 12.2 Å². The van der Waals surface area contributed by atoms with Crippen molar-refractivity contribution in [3.63, 3.8) is 0 Å². The molecule has 4 atom stereocenters. The number of carbonyl (C=O) groups is 3. The van der Waals surface area contributed by atoms with Gasteiger partial charge in [-0.1, -0.05) is 24.3 Å². The van der Waals surface area contributed by atoms with Crippen molar-refractivity contribution in [2.24, 2.45) is 11.8 Å². The van der Waals surface area contributed by atoms with Crippen LogP contribution in [0.4, 0.5) is 9.18 Å². The number of hydrogen-bond acceptors (Lipinski definition) is 6. The lowest BCUT2D eigenvalue weighted by molar-refractivity contribution is -0.158. The van der Waals surface area contributed by atoms with Crippen LogP contribution in [0.3, 0.4) is 0 Å². The maximum Gasteiger partial charge on any atom is 0.410 e. The minimum atomic E-state index is -2.72. The van der Waals surface area contributed by atoms with Crippen molar-refractivity contribution >= 4 is 18.0 Å². The van der Waals surface area contributed by atoms with Gasteiger partial charge in [0.15, 0.2) is 0 Å². The quantitative estimate of drug-likeness (QED) is 0.454. The Morgan fingerprint density at radius 1 is 1.21 bits per heavy atom. The molecule has 0 aromatic carbocycles. The molecule has 1 saturated carbocycles. The van der Waals surface area contributed by atoms with E-state index in [1.165, 1.54) is 0 Å². The number of amides is 2. The number of ether oxygens (including phenoxy) is 2. The molecule has 210 valence electrons. The minimum absolute atomic E-state index is 0.0308. The fraction of sp³-hybridized carbons (Fsp3) is 0.679. The second-order valence-electron chi connectivity index (χ2n) is 11.8. The highest BCUT2D eigenvalue weighted by Gasteiger charge is 2.52. The maximum absolute atomic E-state index is 15.6. The van der Waals surface area contributed by atoms with Crippen LogP contribution in [0, 0.1) is 11.8 Å². The van der Waals surface area contributed by atoms with Crippen LogP contribution in [0.25, 0.3) is 0 Å². The van der Waals surface area contributed by atoms with Gasteiger partial charge in [0.05, 0.1) is 18.5 Å². The lowest BCUT2D eigenvalue weighted by atomic mass is 9.85. The molecule has 1 N–H and O–H groups in total.